The normalized spacial score (nSPS) is 24.8. The molecular formula is C25H39ClN4O2. The lowest BCUT2D eigenvalue weighted by Gasteiger charge is -2.47. The van der Waals surface area contributed by atoms with Crippen molar-refractivity contribution < 1.29 is 9.90 Å². The molecule has 4 rings (SSSR count). The van der Waals surface area contributed by atoms with Gasteiger partial charge in [-0.15, -0.1) is 0 Å². The van der Waals surface area contributed by atoms with E-state index in [0.717, 1.165) is 57.4 Å². The Kier molecular flexibility index (Phi) is 8.11. The molecule has 0 unspecified atom stereocenters. The fourth-order valence-corrected chi connectivity index (χ4v) is 6.00. The van der Waals surface area contributed by atoms with Crippen LogP contribution in [0.3, 0.4) is 0 Å². The Balaban J connectivity index is 1.18. The summed E-state index contributed by atoms with van der Waals surface area (Å²) in [6.07, 6.45) is 10.7. The average Bonchev–Trinajstić information content (AvgIpc) is 2.82. The largest absolute Gasteiger partial charge is 0.390 e. The molecule has 4 N–H and O–H groups in total. The Morgan fingerprint density at radius 3 is 2.31 bits per heavy atom. The molecule has 3 fully saturated rings. The second-order valence-electron chi connectivity index (χ2n) is 10.1. The minimum absolute atomic E-state index is 0.131. The van der Waals surface area contributed by atoms with E-state index in [-0.39, 0.29) is 5.91 Å². The lowest BCUT2D eigenvalue weighted by molar-refractivity contribution is -0.128. The molecule has 0 aromatic heterocycles. The maximum atomic E-state index is 12.5. The molecule has 1 atom stereocenters. The highest BCUT2D eigenvalue weighted by Gasteiger charge is 2.41. The van der Waals surface area contributed by atoms with E-state index in [4.69, 9.17) is 17.3 Å². The van der Waals surface area contributed by atoms with Crippen LogP contribution in [0.5, 0.6) is 0 Å². The van der Waals surface area contributed by atoms with Gasteiger partial charge in [0.2, 0.25) is 0 Å². The van der Waals surface area contributed by atoms with Gasteiger partial charge in [0.15, 0.2) is 0 Å². The number of likely N-dealkylation sites (tertiary alicyclic amines) is 1. The predicted octanol–water partition coefficient (Wildman–Crippen LogP) is 3.11. The Morgan fingerprint density at radius 2 is 1.69 bits per heavy atom. The fraction of sp³-hybridized carbons (Fsp3) is 0.720. The van der Waals surface area contributed by atoms with Crippen LogP contribution in [0.25, 0.3) is 0 Å². The molecule has 1 aromatic rings. The summed E-state index contributed by atoms with van der Waals surface area (Å²) in [5, 5.41) is 13.9. The second-order valence-corrected chi connectivity index (χ2v) is 10.5. The highest BCUT2D eigenvalue weighted by Crippen LogP contribution is 2.39. The van der Waals surface area contributed by atoms with E-state index in [0.29, 0.717) is 23.4 Å². The zero-order valence-corrected chi connectivity index (χ0v) is 19.9. The third-order valence-corrected chi connectivity index (χ3v) is 8.24. The molecule has 3 aliphatic rings. The van der Waals surface area contributed by atoms with Gasteiger partial charge in [-0.25, -0.2) is 5.01 Å². The molecule has 1 aliphatic carbocycles. The predicted molar refractivity (Wildman–Crippen MR) is 128 cm³/mol. The molecule has 0 spiro atoms. The van der Waals surface area contributed by atoms with E-state index in [1.807, 2.05) is 29.3 Å². The van der Waals surface area contributed by atoms with Gasteiger partial charge in [0.25, 0.3) is 5.91 Å². The number of halogens is 1. The minimum atomic E-state index is -0.576. The van der Waals surface area contributed by atoms with Gasteiger partial charge in [-0.05, 0) is 68.6 Å². The third-order valence-electron chi connectivity index (χ3n) is 7.98. The number of nitrogens with zero attached hydrogens (tertiary/aromatic N) is 2. The summed E-state index contributed by atoms with van der Waals surface area (Å²) in [5.74, 6) is 0.376. The van der Waals surface area contributed by atoms with Crippen molar-refractivity contribution in [2.24, 2.45) is 11.7 Å². The quantitative estimate of drug-likeness (QED) is 0.605. The van der Waals surface area contributed by atoms with Crippen molar-refractivity contribution in [2.45, 2.75) is 81.9 Å². The first-order valence-corrected chi connectivity index (χ1v) is 12.8. The Hall–Kier alpha value is -1.18. The van der Waals surface area contributed by atoms with Crippen molar-refractivity contribution in [2.75, 3.05) is 26.2 Å². The van der Waals surface area contributed by atoms with Crippen LogP contribution in [0.15, 0.2) is 24.3 Å². The van der Waals surface area contributed by atoms with Crippen LogP contribution in [0.4, 0.5) is 0 Å². The summed E-state index contributed by atoms with van der Waals surface area (Å²) < 4.78 is 0. The first kappa shape index (κ1) is 24.0. The summed E-state index contributed by atoms with van der Waals surface area (Å²) in [6.45, 7) is 3.67. The number of nitrogens with two attached hydrogens (primary N) is 1. The number of carbonyl (C=O) groups is 1. The van der Waals surface area contributed by atoms with Crippen molar-refractivity contribution in [3.63, 3.8) is 0 Å². The van der Waals surface area contributed by atoms with Gasteiger partial charge in [0.05, 0.1) is 11.6 Å². The number of hydrazine groups is 1. The van der Waals surface area contributed by atoms with Crippen LogP contribution in [-0.4, -0.2) is 64.8 Å². The van der Waals surface area contributed by atoms with Gasteiger partial charge in [-0.1, -0.05) is 43.0 Å². The number of nitrogens with one attached hydrogen (secondary N) is 1. The van der Waals surface area contributed by atoms with Gasteiger partial charge in [-0.2, -0.15) is 0 Å². The first-order valence-electron chi connectivity index (χ1n) is 12.4. The summed E-state index contributed by atoms with van der Waals surface area (Å²) in [7, 11) is 0. The van der Waals surface area contributed by atoms with E-state index in [2.05, 4.69) is 10.3 Å². The zero-order chi connectivity index (χ0) is 22.6. The Bertz CT molecular complexity index is 737. The van der Waals surface area contributed by atoms with Gasteiger partial charge >= 0.3 is 0 Å². The van der Waals surface area contributed by atoms with Gasteiger partial charge in [-0.3, -0.25) is 10.2 Å². The van der Waals surface area contributed by atoms with Crippen LogP contribution < -0.4 is 11.2 Å². The fourth-order valence-electron chi connectivity index (χ4n) is 5.87. The molecule has 1 amide bonds. The number of amides is 1. The van der Waals surface area contributed by atoms with Crippen molar-refractivity contribution in [1.82, 2.24) is 15.3 Å². The molecule has 2 aliphatic heterocycles. The van der Waals surface area contributed by atoms with E-state index >= 15 is 0 Å². The number of rotatable bonds is 6. The molecule has 0 bridgehead atoms. The lowest BCUT2D eigenvalue weighted by Crippen LogP contribution is -2.57. The van der Waals surface area contributed by atoms with E-state index in [1.165, 1.54) is 32.1 Å². The zero-order valence-electron chi connectivity index (χ0n) is 19.1. The molecule has 0 radical (unpaired) electrons. The topological polar surface area (TPSA) is 81.8 Å². The summed E-state index contributed by atoms with van der Waals surface area (Å²) in [5.41, 5.74) is 9.72. The summed E-state index contributed by atoms with van der Waals surface area (Å²) in [6, 6.07) is 7.44. The van der Waals surface area contributed by atoms with Gasteiger partial charge < -0.3 is 15.7 Å². The molecular weight excluding hydrogens is 424 g/mol. The Morgan fingerprint density at radius 1 is 1.06 bits per heavy atom. The average molecular weight is 463 g/mol. The maximum Gasteiger partial charge on any atom is 0.251 e. The number of hydrogen-bond acceptors (Lipinski definition) is 5. The lowest BCUT2D eigenvalue weighted by atomic mass is 9.72. The minimum Gasteiger partial charge on any atom is -0.390 e. The SMILES string of the molecule is N[C@H](Cc1ccc(Cl)cc1)C(=O)NN1CCC(N2CCC(O)(C3CCCCC3)CC2)CC1. The van der Waals surface area contributed by atoms with Crippen molar-refractivity contribution in [1.29, 1.82) is 0 Å². The first-order chi connectivity index (χ1) is 15.4. The van der Waals surface area contributed by atoms with Crippen molar-refractivity contribution in [3.05, 3.63) is 34.9 Å². The molecule has 7 heteroatoms. The second kappa shape index (κ2) is 10.8. The number of hydrogen-bond donors (Lipinski definition) is 3. The highest BCUT2D eigenvalue weighted by atomic mass is 35.5. The number of benzene rings is 1. The highest BCUT2D eigenvalue weighted by molar-refractivity contribution is 6.30. The molecule has 2 heterocycles. The molecule has 178 valence electrons. The molecule has 1 aromatic carbocycles. The number of piperidine rings is 2. The van der Waals surface area contributed by atoms with Gasteiger partial charge in [0.1, 0.15) is 0 Å². The van der Waals surface area contributed by atoms with Crippen molar-refractivity contribution in [3.8, 4) is 0 Å². The smallest absolute Gasteiger partial charge is 0.251 e. The standard InChI is InChI=1S/C25H39ClN4O2/c26-21-8-6-19(7-9-21)18-23(27)24(31)28-30-14-10-22(11-15-30)29-16-12-25(32,13-17-29)20-4-2-1-3-5-20/h6-9,20,22-23,32H,1-5,10-18,27H2,(H,28,31)/t23-/m1/s1. The van der Waals surface area contributed by atoms with Crippen molar-refractivity contribution >= 4 is 17.5 Å². The maximum absolute atomic E-state index is 12.5. The summed E-state index contributed by atoms with van der Waals surface area (Å²) >= 11 is 5.92. The summed E-state index contributed by atoms with van der Waals surface area (Å²) in [4.78, 5) is 15.1. The monoisotopic (exact) mass is 462 g/mol. The number of carbonyl (C=O) groups excluding carboxylic acids is 1. The molecule has 2 saturated heterocycles. The van der Waals surface area contributed by atoms with Crippen LogP contribution >= 0.6 is 11.6 Å². The van der Waals surface area contributed by atoms with Gasteiger partial charge in [0, 0.05) is 37.2 Å². The van der Waals surface area contributed by atoms with Crippen LogP contribution in [0.2, 0.25) is 5.02 Å². The van der Waals surface area contributed by atoms with Crippen LogP contribution in [0.1, 0.15) is 63.4 Å². The Labute approximate surface area is 197 Å². The van der Waals surface area contributed by atoms with E-state index in [1.54, 1.807) is 0 Å². The molecule has 1 saturated carbocycles. The molecule has 6 nitrogen and oxygen atoms in total. The van der Waals surface area contributed by atoms with E-state index < -0.39 is 11.6 Å². The van der Waals surface area contributed by atoms with Crippen LogP contribution in [0, 0.1) is 5.92 Å². The number of aliphatic hydroxyl groups is 1. The van der Waals surface area contributed by atoms with Crippen LogP contribution in [-0.2, 0) is 11.2 Å². The third kappa shape index (κ3) is 6.03. The van der Waals surface area contributed by atoms with E-state index in [9.17, 15) is 9.90 Å². The molecule has 32 heavy (non-hydrogen) atoms.